The van der Waals surface area contributed by atoms with Crippen LogP contribution in [0.15, 0.2) is 60.4 Å². The van der Waals surface area contributed by atoms with E-state index in [4.69, 9.17) is 0 Å². The monoisotopic (exact) mass is 420 g/mol. The molecule has 2 heterocycles. The maximum absolute atomic E-state index is 11.0. The van der Waals surface area contributed by atoms with Crippen molar-refractivity contribution < 1.29 is 5.11 Å². The molecule has 158 valence electrons. The molecule has 3 aromatic rings. The van der Waals surface area contributed by atoms with E-state index in [1.54, 1.807) is 11.8 Å². The molecule has 0 spiro atoms. The Bertz CT molecular complexity index is 986. The maximum atomic E-state index is 11.0. The standard InChI is InChI=1S/C17H22N2O.C9H10S/c20-17(13-4-2-1-3-5-13)16-15(12-6-7-12)9-8-14-10-18-11-19(14)16;1-3-8-6-4-5-7-9(8)10-2/h8-13,17,20H,1-7H2;3-7H,1H2,2H3. The molecule has 30 heavy (non-hydrogen) atoms. The van der Waals surface area contributed by atoms with E-state index < -0.39 is 0 Å². The van der Waals surface area contributed by atoms with Crippen LogP contribution in [-0.2, 0) is 0 Å². The molecule has 0 aliphatic heterocycles. The molecule has 2 aliphatic rings. The molecule has 1 atom stereocenters. The number of hydrogen-bond donors (Lipinski definition) is 1. The Kier molecular flexibility index (Phi) is 6.96. The second kappa shape index (κ2) is 9.84. The molecule has 1 unspecified atom stereocenters. The highest BCUT2D eigenvalue weighted by atomic mass is 32.2. The number of aliphatic hydroxyl groups is 1. The lowest BCUT2D eigenvalue weighted by molar-refractivity contribution is 0.0793. The number of aromatic nitrogens is 2. The summed E-state index contributed by atoms with van der Waals surface area (Å²) in [4.78, 5) is 5.55. The first-order valence-electron chi connectivity index (χ1n) is 11.1. The van der Waals surface area contributed by atoms with Crippen molar-refractivity contribution in [1.82, 2.24) is 9.38 Å². The zero-order valence-corrected chi connectivity index (χ0v) is 18.7. The highest BCUT2D eigenvalue weighted by Crippen LogP contribution is 2.45. The Morgan fingerprint density at radius 3 is 2.53 bits per heavy atom. The zero-order chi connectivity index (χ0) is 20.9. The molecule has 0 saturated heterocycles. The molecule has 2 fully saturated rings. The van der Waals surface area contributed by atoms with Crippen molar-refractivity contribution >= 4 is 23.4 Å². The van der Waals surface area contributed by atoms with Gasteiger partial charge in [-0.15, -0.1) is 11.8 Å². The van der Waals surface area contributed by atoms with Crippen molar-refractivity contribution in [1.29, 1.82) is 0 Å². The highest BCUT2D eigenvalue weighted by molar-refractivity contribution is 7.98. The summed E-state index contributed by atoms with van der Waals surface area (Å²) >= 11 is 1.75. The van der Waals surface area contributed by atoms with Gasteiger partial charge in [0, 0.05) is 4.90 Å². The third kappa shape index (κ3) is 4.65. The molecule has 2 aliphatic carbocycles. The molecule has 0 radical (unpaired) electrons. The van der Waals surface area contributed by atoms with Crippen LogP contribution in [0, 0.1) is 5.92 Å². The predicted octanol–water partition coefficient (Wildman–Crippen LogP) is 6.88. The summed E-state index contributed by atoms with van der Waals surface area (Å²) in [5, 5.41) is 11.0. The number of thioether (sulfide) groups is 1. The van der Waals surface area contributed by atoms with Gasteiger partial charge in [-0.1, -0.05) is 56.2 Å². The topological polar surface area (TPSA) is 37.5 Å². The van der Waals surface area contributed by atoms with E-state index in [9.17, 15) is 5.11 Å². The van der Waals surface area contributed by atoms with Gasteiger partial charge in [0.2, 0.25) is 0 Å². The minimum Gasteiger partial charge on any atom is -0.387 e. The van der Waals surface area contributed by atoms with E-state index in [0.29, 0.717) is 11.8 Å². The van der Waals surface area contributed by atoms with Gasteiger partial charge in [0.05, 0.1) is 29.8 Å². The molecular weight excluding hydrogens is 388 g/mol. The first-order valence-corrected chi connectivity index (χ1v) is 12.3. The Morgan fingerprint density at radius 2 is 1.87 bits per heavy atom. The van der Waals surface area contributed by atoms with Crippen molar-refractivity contribution in [2.45, 2.75) is 61.9 Å². The SMILES string of the molecule is C=Cc1ccccc1SC.OC(c1c(C2CC2)ccc2cncn12)C1CCCCC1. The third-order valence-electron chi connectivity index (χ3n) is 6.41. The van der Waals surface area contributed by atoms with E-state index in [2.05, 4.69) is 46.5 Å². The number of benzene rings is 1. The summed E-state index contributed by atoms with van der Waals surface area (Å²) in [5.41, 5.74) is 4.79. The van der Waals surface area contributed by atoms with Crippen LogP contribution >= 0.6 is 11.8 Å². The largest absolute Gasteiger partial charge is 0.387 e. The first-order chi connectivity index (χ1) is 14.7. The average molecular weight is 421 g/mol. The van der Waals surface area contributed by atoms with Crippen LogP contribution in [0.25, 0.3) is 11.6 Å². The second-order valence-electron chi connectivity index (χ2n) is 8.43. The molecule has 2 aromatic heterocycles. The van der Waals surface area contributed by atoms with Crippen LogP contribution in [0.4, 0.5) is 0 Å². The number of rotatable bonds is 5. The van der Waals surface area contributed by atoms with Crippen LogP contribution in [-0.4, -0.2) is 20.7 Å². The summed E-state index contributed by atoms with van der Waals surface area (Å²) in [6.45, 7) is 3.73. The molecule has 1 N–H and O–H groups in total. The Labute approximate surface area is 184 Å². The van der Waals surface area contributed by atoms with Crippen molar-refractivity contribution in [2.24, 2.45) is 5.92 Å². The van der Waals surface area contributed by atoms with E-state index in [0.717, 1.165) is 24.1 Å². The summed E-state index contributed by atoms with van der Waals surface area (Å²) < 4.78 is 2.12. The molecule has 2 saturated carbocycles. The third-order valence-corrected chi connectivity index (χ3v) is 7.22. The molecule has 3 nitrogen and oxygen atoms in total. The second-order valence-corrected chi connectivity index (χ2v) is 9.27. The van der Waals surface area contributed by atoms with Gasteiger partial charge in [0.15, 0.2) is 0 Å². The fourth-order valence-corrected chi connectivity index (χ4v) is 5.19. The lowest BCUT2D eigenvalue weighted by Crippen LogP contribution is -2.19. The number of pyridine rings is 1. The number of hydrogen-bond acceptors (Lipinski definition) is 3. The fourth-order valence-electron chi connectivity index (χ4n) is 4.59. The minimum atomic E-state index is -0.330. The molecular formula is C26H32N2OS. The summed E-state index contributed by atoms with van der Waals surface area (Å²) in [6, 6.07) is 12.6. The van der Waals surface area contributed by atoms with Crippen LogP contribution in [0.5, 0.6) is 0 Å². The van der Waals surface area contributed by atoms with Gasteiger partial charge < -0.3 is 9.51 Å². The van der Waals surface area contributed by atoms with E-state index >= 15 is 0 Å². The normalized spacial score (nSPS) is 17.9. The highest BCUT2D eigenvalue weighted by Gasteiger charge is 2.32. The number of fused-ring (bicyclic) bond motifs is 1. The van der Waals surface area contributed by atoms with Gasteiger partial charge in [-0.2, -0.15) is 0 Å². The Morgan fingerprint density at radius 1 is 1.10 bits per heavy atom. The quantitative estimate of drug-likeness (QED) is 0.457. The molecule has 0 bridgehead atoms. The Hall–Kier alpha value is -2.04. The fraction of sp³-hybridized carbons (Fsp3) is 0.423. The van der Waals surface area contributed by atoms with Crippen molar-refractivity contribution in [2.75, 3.05) is 6.26 Å². The van der Waals surface area contributed by atoms with Gasteiger partial charge >= 0.3 is 0 Å². The van der Waals surface area contributed by atoms with Crippen molar-refractivity contribution in [3.8, 4) is 0 Å². The van der Waals surface area contributed by atoms with Gasteiger partial charge in [-0.3, -0.25) is 0 Å². The van der Waals surface area contributed by atoms with Crippen LogP contribution < -0.4 is 0 Å². The zero-order valence-electron chi connectivity index (χ0n) is 17.8. The molecule has 4 heteroatoms. The first kappa shape index (κ1) is 21.2. The summed E-state index contributed by atoms with van der Waals surface area (Å²) in [5.74, 6) is 1.09. The van der Waals surface area contributed by atoms with Crippen LogP contribution in [0.2, 0.25) is 0 Å². The summed E-state index contributed by atoms with van der Waals surface area (Å²) in [6.07, 6.45) is 16.1. The number of aliphatic hydroxyl groups excluding tert-OH is 1. The smallest absolute Gasteiger partial charge is 0.0995 e. The predicted molar refractivity (Wildman–Crippen MR) is 127 cm³/mol. The van der Waals surface area contributed by atoms with E-state index in [-0.39, 0.29) is 6.10 Å². The average Bonchev–Trinajstić information content (AvgIpc) is 3.55. The lowest BCUT2D eigenvalue weighted by atomic mass is 9.82. The van der Waals surface area contributed by atoms with Gasteiger partial charge in [0.1, 0.15) is 0 Å². The van der Waals surface area contributed by atoms with Gasteiger partial charge in [-0.25, -0.2) is 4.98 Å². The van der Waals surface area contributed by atoms with Crippen molar-refractivity contribution in [3.05, 3.63) is 72.3 Å². The number of imidazole rings is 1. The maximum Gasteiger partial charge on any atom is 0.0995 e. The van der Waals surface area contributed by atoms with Gasteiger partial charge in [0.25, 0.3) is 0 Å². The van der Waals surface area contributed by atoms with Crippen LogP contribution in [0.1, 0.15) is 73.8 Å². The Balaban J connectivity index is 0.000000185. The molecule has 1 aromatic carbocycles. The lowest BCUT2D eigenvalue weighted by Gasteiger charge is -2.28. The summed E-state index contributed by atoms with van der Waals surface area (Å²) in [7, 11) is 0. The minimum absolute atomic E-state index is 0.330. The van der Waals surface area contributed by atoms with Crippen LogP contribution in [0.3, 0.4) is 0 Å². The van der Waals surface area contributed by atoms with E-state index in [1.807, 2.05) is 30.7 Å². The van der Waals surface area contributed by atoms with E-state index in [1.165, 1.54) is 48.1 Å². The number of nitrogens with zero attached hydrogens (tertiary/aromatic N) is 2. The van der Waals surface area contributed by atoms with Crippen molar-refractivity contribution in [3.63, 3.8) is 0 Å². The molecule has 0 amide bonds. The molecule has 5 rings (SSSR count). The van der Waals surface area contributed by atoms with Gasteiger partial charge in [-0.05, 0) is 67.0 Å².